The van der Waals surface area contributed by atoms with Gasteiger partial charge in [0.05, 0.1) is 0 Å². The Morgan fingerprint density at radius 1 is 0.533 bits per heavy atom. The van der Waals surface area contributed by atoms with E-state index in [1.165, 1.54) is 48.5 Å². The van der Waals surface area contributed by atoms with E-state index in [0.29, 0.717) is 36.4 Å². The van der Waals surface area contributed by atoms with Crippen molar-refractivity contribution in [2.24, 2.45) is 0 Å². The summed E-state index contributed by atoms with van der Waals surface area (Å²) in [7, 11) is 0. The van der Waals surface area contributed by atoms with Crippen LogP contribution in [0.1, 0.15) is 70.7 Å². The van der Waals surface area contributed by atoms with Crippen molar-refractivity contribution < 1.29 is 46.1 Å². The predicted octanol–water partition coefficient (Wildman–Crippen LogP) is 9.41. The van der Waals surface area contributed by atoms with Crippen LogP contribution in [-0.2, 0) is 18.3 Å². The Labute approximate surface area is 258 Å². The Kier molecular flexibility index (Phi) is 12.5. The Morgan fingerprint density at radius 2 is 0.844 bits per heavy atom. The molecule has 0 spiro atoms. The van der Waals surface area contributed by atoms with Gasteiger partial charge >= 0.3 is 12.4 Å². The average molecular weight is 633 g/mol. The zero-order valence-corrected chi connectivity index (χ0v) is 25.1. The van der Waals surface area contributed by atoms with E-state index in [2.05, 4.69) is 0 Å². The summed E-state index contributed by atoms with van der Waals surface area (Å²) in [6.45, 7) is 8.00. The number of benzene rings is 4. The lowest BCUT2D eigenvalue weighted by atomic mass is 9.71. The van der Waals surface area contributed by atoms with Gasteiger partial charge in [0.25, 0.3) is 0 Å². The van der Waals surface area contributed by atoms with Crippen LogP contribution in [0.15, 0.2) is 97.1 Å². The standard InChI is InChI=1S/C31H22F6O4.2C2H6/c32-30(33,34)29(31(35,36)37,23-11-13-25(38)21(15-23)17-27(40)19-7-3-1-4-8-19)24-12-14-26(39)22(16-24)18-28(41)20-9-5-2-6-10-20;2*1-2/h1-16,38-39H,17-18H2;2*1-2H3. The highest BCUT2D eigenvalue weighted by Crippen LogP contribution is 2.57. The van der Waals surface area contributed by atoms with Crippen LogP contribution in [0.3, 0.4) is 0 Å². The maximum absolute atomic E-state index is 14.8. The van der Waals surface area contributed by atoms with Crippen LogP contribution in [0, 0.1) is 0 Å². The third-order valence-electron chi connectivity index (χ3n) is 6.77. The molecule has 0 unspecified atom stereocenters. The average Bonchev–Trinajstić information content (AvgIpc) is 3.02. The van der Waals surface area contributed by atoms with E-state index < -0.39 is 75.9 Å². The number of carbonyl (C=O) groups excluding carboxylic acids is 2. The van der Waals surface area contributed by atoms with Gasteiger partial charge in [0.1, 0.15) is 11.5 Å². The zero-order chi connectivity index (χ0) is 34.0. The number of aromatic hydroxyl groups is 2. The van der Waals surface area contributed by atoms with Crippen LogP contribution >= 0.6 is 0 Å². The van der Waals surface area contributed by atoms with Gasteiger partial charge in [0.15, 0.2) is 11.6 Å². The fraction of sp³-hybridized carbons (Fsp3) is 0.257. The minimum absolute atomic E-state index is 0.154. The van der Waals surface area contributed by atoms with Gasteiger partial charge in [-0.1, -0.05) is 113 Å². The lowest BCUT2D eigenvalue weighted by molar-refractivity contribution is -0.288. The van der Waals surface area contributed by atoms with E-state index in [9.17, 15) is 46.1 Å². The smallest absolute Gasteiger partial charge is 0.411 e. The molecule has 0 fully saturated rings. The Balaban J connectivity index is 0.00000169. The number of hydrogen-bond acceptors (Lipinski definition) is 4. The molecule has 10 heteroatoms. The van der Waals surface area contributed by atoms with E-state index in [0.717, 1.165) is 0 Å². The molecular formula is C35H34F6O4. The van der Waals surface area contributed by atoms with Crippen LogP contribution in [0.2, 0.25) is 0 Å². The second-order valence-corrected chi connectivity index (χ2v) is 9.36. The summed E-state index contributed by atoms with van der Waals surface area (Å²) < 4.78 is 88.7. The topological polar surface area (TPSA) is 74.6 Å². The molecule has 0 atom stereocenters. The number of carbonyl (C=O) groups is 2. The summed E-state index contributed by atoms with van der Waals surface area (Å²) in [5, 5.41) is 20.6. The second kappa shape index (κ2) is 15.4. The van der Waals surface area contributed by atoms with Crippen molar-refractivity contribution in [3.05, 3.63) is 130 Å². The van der Waals surface area contributed by atoms with Gasteiger partial charge in [-0.15, -0.1) is 0 Å². The van der Waals surface area contributed by atoms with Gasteiger partial charge in [0.2, 0.25) is 5.41 Å². The number of ketones is 2. The summed E-state index contributed by atoms with van der Waals surface area (Å²) in [6, 6.07) is 18.4. The molecule has 0 bridgehead atoms. The van der Waals surface area contributed by atoms with Crippen molar-refractivity contribution >= 4 is 11.6 Å². The predicted molar refractivity (Wildman–Crippen MR) is 161 cm³/mol. The molecular weight excluding hydrogens is 598 g/mol. The van der Waals surface area contributed by atoms with E-state index >= 15 is 0 Å². The molecule has 0 heterocycles. The van der Waals surface area contributed by atoms with Crippen LogP contribution < -0.4 is 0 Å². The SMILES string of the molecule is CC.CC.O=C(Cc1cc(C(c2ccc(O)c(CC(=O)c3ccccc3)c2)(C(F)(F)F)C(F)(F)F)ccc1O)c1ccccc1. The molecule has 0 aliphatic heterocycles. The fourth-order valence-electron chi connectivity index (χ4n) is 4.70. The second-order valence-electron chi connectivity index (χ2n) is 9.36. The molecule has 0 aliphatic rings. The summed E-state index contributed by atoms with van der Waals surface area (Å²) in [5.41, 5.74) is -7.78. The largest absolute Gasteiger partial charge is 0.508 e. The van der Waals surface area contributed by atoms with Gasteiger partial charge < -0.3 is 10.2 Å². The molecule has 4 aromatic carbocycles. The number of phenols is 2. The maximum atomic E-state index is 14.8. The fourth-order valence-corrected chi connectivity index (χ4v) is 4.70. The quantitative estimate of drug-likeness (QED) is 0.150. The number of alkyl halides is 6. The molecule has 45 heavy (non-hydrogen) atoms. The lowest BCUT2D eigenvalue weighted by Gasteiger charge is -2.38. The molecule has 2 N–H and O–H groups in total. The highest BCUT2D eigenvalue weighted by atomic mass is 19.4. The first-order chi connectivity index (χ1) is 21.3. The molecule has 0 radical (unpaired) electrons. The van der Waals surface area contributed by atoms with Crippen molar-refractivity contribution in [1.82, 2.24) is 0 Å². The first kappa shape index (κ1) is 36.6. The van der Waals surface area contributed by atoms with E-state index in [-0.39, 0.29) is 11.1 Å². The third-order valence-corrected chi connectivity index (χ3v) is 6.77. The van der Waals surface area contributed by atoms with Gasteiger partial charge in [-0.25, -0.2) is 0 Å². The van der Waals surface area contributed by atoms with E-state index in [4.69, 9.17) is 0 Å². The lowest BCUT2D eigenvalue weighted by Crippen LogP contribution is -2.54. The molecule has 0 saturated heterocycles. The van der Waals surface area contributed by atoms with E-state index in [1.807, 2.05) is 27.7 Å². The molecule has 0 amide bonds. The normalized spacial score (nSPS) is 11.4. The van der Waals surface area contributed by atoms with Crippen LogP contribution in [-0.4, -0.2) is 34.1 Å². The highest BCUT2D eigenvalue weighted by molar-refractivity contribution is 5.98. The number of Topliss-reactive ketones (excluding diaryl/α,β-unsaturated/α-hetero) is 2. The first-order valence-corrected chi connectivity index (χ1v) is 14.2. The summed E-state index contributed by atoms with van der Waals surface area (Å²) >= 11 is 0. The van der Waals surface area contributed by atoms with Crippen molar-refractivity contribution in [1.29, 1.82) is 0 Å². The van der Waals surface area contributed by atoms with Gasteiger partial charge in [-0.2, -0.15) is 26.3 Å². The van der Waals surface area contributed by atoms with Crippen molar-refractivity contribution in [3.63, 3.8) is 0 Å². The maximum Gasteiger partial charge on any atom is 0.411 e. The number of halogens is 6. The molecule has 4 nitrogen and oxygen atoms in total. The number of phenolic OH excluding ortho intramolecular Hbond substituents is 2. The molecule has 4 rings (SSSR count). The first-order valence-electron chi connectivity index (χ1n) is 14.2. The van der Waals surface area contributed by atoms with Crippen molar-refractivity contribution in [3.8, 4) is 11.5 Å². The van der Waals surface area contributed by atoms with Crippen LogP contribution in [0.25, 0.3) is 0 Å². The number of rotatable bonds is 8. The van der Waals surface area contributed by atoms with Crippen LogP contribution in [0.5, 0.6) is 11.5 Å². The third kappa shape index (κ3) is 7.92. The Hall–Kier alpha value is -4.60. The minimum atomic E-state index is -5.97. The summed E-state index contributed by atoms with van der Waals surface area (Å²) in [6.07, 6.45) is -13.3. The van der Waals surface area contributed by atoms with Gasteiger partial charge in [-0.3, -0.25) is 9.59 Å². The monoisotopic (exact) mass is 632 g/mol. The van der Waals surface area contributed by atoms with Crippen molar-refractivity contribution in [2.75, 3.05) is 0 Å². The summed E-state index contributed by atoms with van der Waals surface area (Å²) in [4.78, 5) is 25.4. The van der Waals surface area contributed by atoms with Crippen LogP contribution in [0.4, 0.5) is 26.3 Å². The van der Waals surface area contributed by atoms with Gasteiger partial charge in [0, 0.05) is 35.1 Å². The molecule has 0 aliphatic carbocycles. The highest BCUT2D eigenvalue weighted by Gasteiger charge is 2.72. The molecule has 240 valence electrons. The Morgan fingerprint density at radius 3 is 1.13 bits per heavy atom. The molecule has 4 aromatic rings. The zero-order valence-electron chi connectivity index (χ0n) is 25.1. The minimum Gasteiger partial charge on any atom is -0.508 e. The number of hydrogen-bond donors (Lipinski definition) is 2. The van der Waals surface area contributed by atoms with Crippen molar-refractivity contribution in [2.45, 2.75) is 58.3 Å². The summed E-state index contributed by atoms with van der Waals surface area (Å²) in [5.74, 6) is -2.57. The molecule has 0 aromatic heterocycles. The van der Waals surface area contributed by atoms with Gasteiger partial charge in [-0.05, 0) is 23.3 Å². The van der Waals surface area contributed by atoms with E-state index in [1.54, 1.807) is 12.1 Å². The Bertz CT molecular complexity index is 1440. The molecule has 0 saturated carbocycles.